The normalized spacial score (nSPS) is 32.0. The number of carbonyl (C=O) groups excluding carboxylic acids is 4. The number of amides is 2. The molecule has 0 unspecified atom stereocenters. The van der Waals surface area contributed by atoms with E-state index in [0.29, 0.717) is 42.3 Å². The van der Waals surface area contributed by atoms with Gasteiger partial charge in [-0.05, 0) is 89.2 Å². The number of aryl methyl sites for hydroxylation is 1. The van der Waals surface area contributed by atoms with Gasteiger partial charge in [-0.3, -0.25) is 14.4 Å². The minimum absolute atomic E-state index is 0.0325. The minimum atomic E-state index is -1.18. The summed E-state index contributed by atoms with van der Waals surface area (Å²) in [5.41, 5.74) is 0.922. The van der Waals surface area contributed by atoms with E-state index in [9.17, 15) is 19.2 Å². The van der Waals surface area contributed by atoms with E-state index < -0.39 is 35.5 Å². The van der Waals surface area contributed by atoms with E-state index in [1.807, 2.05) is 24.3 Å². The number of nitrogens with zero attached hydrogens (tertiary/aromatic N) is 3. The molecule has 2 saturated carbocycles. The molecule has 3 aliphatic heterocycles. The number of allylic oxidation sites excluding steroid dienone is 1. The predicted molar refractivity (Wildman–Crippen MR) is 196 cm³/mol. The molecule has 4 heterocycles. The van der Waals surface area contributed by atoms with Gasteiger partial charge in [0.2, 0.25) is 17.7 Å². The molecule has 53 heavy (non-hydrogen) atoms. The van der Waals surface area contributed by atoms with Crippen molar-refractivity contribution in [3.63, 3.8) is 0 Å². The Morgan fingerprint density at radius 2 is 1.81 bits per heavy atom. The zero-order valence-corrected chi connectivity index (χ0v) is 31.2. The molecule has 2 amide bonds. The van der Waals surface area contributed by atoms with Crippen LogP contribution in [0, 0.1) is 17.8 Å². The monoisotopic (exact) mass is 730 g/mol. The van der Waals surface area contributed by atoms with Gasteiger partial charge in [0.25, 0.3) is 0 Å². The lowest BCUT2D eigenvalue weighted by molar-refractivity contribution is -0.156. The molecule has 7 atom stereocenters. The number of rotatable bonds is 3. The Hall–Kier alpha value is -4.22. The summed E-state index contributed by atoms with van der Waals surface area (Å²) in [6.07, 6.45) is 15.3. The minimum Gasteiger partial charge on any atom is -0.497 e. The lowest BCUT2D eigenvalue weighted by Gasteiger charge is -2.29. The zero-order chi connectivity index (χ0) is 37.0. The van der Waals surface area contributed by atoms with Crippen molar-refractivity contribution in [3.8, 4) is 11.6 Å². The number of fused-ring (bicyclic) bond motifs is 6. The summed E-state index contributed by atoms with van der Waals surface area (Å²) in [7, 11) is 1.60. The van der Waals surface area contributed by atoms with Crippen LogP contribution in [0.25, 0.3) is 11.0 Å². The highest BCUT2D eigenvalue weighted by molar-refractivity contribution is 5.96. The molecular formula is C41H54N4O8. The molecule has 12 nitrogen and oxygen atoms in total. The summed E-state index contributed by atoms with van der Waals surface area (Å²) >= 11 is 0. The molecule has 1 saturated heterocycles. The molecular weight excluding hydrogens is 676 g/mol. The maximum atomic E-state index is 14.7. The highest BCUT2D eigenvalue weighted by Gasteiger charge is 2.62. The molecule has 0 radical (unpaired) electrons. The molecule has 12 heteroatoms. The molecule has 2 aromatic rings. The van der Waals surface area contributed by atoms with Crippen molar-refractivity contribution in [3.05, 3.63) is 36.0 Å². The van der Waals surface area contributed by atoms with Gasteiger partial charge >= 0.3 is 11.9 Å². The first-order valence-corrected chi connectivity index (χ1v) is 19.9. The van der Waals surface area contributed by atoms with E-state index in [0.717, 1.165) is 81.8 Å². The summed E-state index contributed by atoms with van der Waals surface area (Å²) in [5.74, 6) is -0.990. The van der Waals surface area contributed by atoms with Crippen molar-refractivity contribution in [1.29, 1.82) is 0 Å². The lowest BCUT2D eigenvalue weighted by Crippen LogP contribution is -2.54. The molecule has 3 fully saturated rings. The van der Waals surface area contributed by atoms with Gasteiger partial charge in [-0.25, -0.2) is 14.8 Å². The molecule has 1 aromatic heterocycles. The number of benzene rings is 1. The Labute approximate surface area is 311 Å². The highest BCUT2D eigenvalue weighted by Crippen LogP contribution is 2.46. The lowest BCUT2D eigenvalue weighted by atomic mass is 9.94. The third-order valence-corrected chi connectivity index (χ3v) is 11.9. The summed E-state index contributed by atoms with van der Waals surface area (Å²) in [5, 5.41) is 3.04. The smallest absolute Gasteiger partial charge is 0.332 e. The van der Waals surface area contributed by atoms with E-state index in [1.165, 1.54) is 0 Å². The van der Waals surface area contributed by atoms with Gasteiger partial charge in [-0.1, -0.05) is 37.8 Å². The second-order valence-electron chi connectivity index (χ2n) is 15.6. The van der Waals surface area contributed by atoms with E-state index in [-0.39, 0.29) is 49.9 Å². The number of aromatic nitrogens is 2. The van der Waals surface area contributed by atoms with Crippen molar-refractivity contribution in [2.75, 3.05) is 20.3 Å². The van der Waals surface area contributed by atoms with E-state index in [4.69, 9.17) is 28.9 Å². The molecule has 5 aliphatic rings. The molecule has 3 bridgehead atoms. The molecule has 286 valence electrons. The molecule has 1 N–H and O–H groups in total. The highest BCUT2D eigenvalue weighted by atomic mass is 16.5. The van der Waals surface area contributed by atoms with Crippen LogP contribution in [0.5, 0.6) is 11.6 Å². The Morgan fingerprint density at radius 3 is 2.66 bits per heavy atom. The van der Waals surface area contributed by atoms with Crippen molar-refractivity contribution in [1.82, 2.24) is 20.2 Å². The van der Waals surface area contributed by atoms with E-state index in [2.05, 4.69) is 11.4 Å². The maximum absolute atomic E-state index is 14.7. The number of methoxy groups -OCH3 is 1. The summed E-state index contributed by atoms with van der Waals surface area (Å²) in [6, 6.07) is 4.65. The Morgan fingerprint density at radius 1 is 0.981 bits per heavy atom. The molecule has 2 aliphatic carbocycles. The number of hydrogen-bond acceptors (Lipinski definition) is 10. The Kier molecular flexibility index (Phi) is 11.5. The van der Waals surface area contributed by atoms with Gasteiger partial charge < -0.3 is 29.2 Å². The topological polar surface area (TPSA) is 146 Å². The van der Waals surface area contributed by atoms with Crippen LogP contribution < -0.4 is 14.8 Å². The summed E-state index contributed by atoms with van der Waals surface area (Å²) < 4.78 is 23.7. The number of carbonyl (C=O) groups is 4. The number of hydrogen-bond donors (Lipinski definition) is 1. The molecule has 1 aromatic carbocycles. The second kappa shape index (κ2) is 16.4. The van der Waals surface area contributed by atoms with Gasteiger partial charge in [-0.2, -0.15) is 0 Å². The van der Waals surface area contributed by atoms with Crippen molar-refractivity contribution in [2.45, 2.75) is 133 Å². The van der Waals surface area contributed by atoms with E-state index in [1.54, 1.807) is 18.9 Å². The third kappa shape index (κ3) is 8.31. The SMILES string of the molecule is CCOC(=O)[C@@]12C[C@H]1/C=C\CCCCC[C@@H]1CC(=O)O[C@@H]3CCC[C@H]3CCCCCc3nc4ccc(OC)cc4nc3O[C@@H]3C[C@@H](C(=O)N2)N(C3)C1=O. The van der Waals surface area contributed by atoms with Crippen molar-refractivity contribution >= 4 is 34.8 Å². The van der Waals surface area contributed by atoms with Gasteiger partial charge in [0.1, 0.15) is 35.2 Å². The summed E-state index contributed by atoms with van der Waals surface area (Å²) in [6.45, 7) is 2.06. The first kappa shape index (κ1) is 37.1. The first-order valence-electron chi connectivity index (χ1n) is 19.9. The van der Waals surface area contributed by atoms with E-state index >= 15 is 0 Å². The van der Waals surface area contributed by atoms with Crippen LogP contribution in [0.1, 0.15) is 109 Å². The third-order valence-electron chi connectivity index (χ3n) is 11.9. The average molecular weight is 731 g/mol. The van der Waals surface area contributed by atoms with Crippen LogP contribution in [0.3, 0.4) is 0 Å². The Balaban J connectivity index is 1.24. The van der Waals surface area contributed by atoms with Gasteiger partial charge in [0.15, 0.2) is 0 Å². The van der Waals surface area contributed by atoms with Crippen LogP contribution in [0.15, 0.2) is 30.4 Å². The Bertz CT molecular complexity index is 1710. The standard InChI is InChI=1S/C41H54N4O8/c1-3-51-40(49)41-24-28(41)16-10-6-4-5-8-14-27-21-36(46)53-35-18-12-15-26(35)13-9-7-11-17-32-38(43-33-22-29(50-2)19-20-31(33)42-32)52-30-23-34(37(47)44-41)45(25-30)39(27)48/h10,16,19-20,22,26-28,30,34-35H,3-9,11-15,17-18,21,23-25H2,1-2H3,(H,44,47)/b16-10-/t26-,27-,28-,30-,34+,35-,41-/m1/s1. The van der Waals surface area contributed by atoms with Gasteiger partial charge in [-0.15, -0.1) is 0 Å². The fraction of sp³-hybridized carbons (Fsp3) is 0.659. The maximum Gasteiger partial charge on any atom is 0.332 e. The second-order valence-corrected chi connectivity index (χ2v) is 15.6. The van der Waals surface area contributed by atoms with Gasteiger partial charge in [0.05, 0.1) is 37.7 Å². The van der Waals surface area contributed by atoms with Crippen LogP contribution in [-0.4, -0.2) is 82.7 Å². The number of esters is 2. The average Bonchev–Trinajstić information content (AvgIpc) is 3.42. The fourth-order valence-corrected chi connectivity index (χ4v) is 8.90. The van der Waals surface area contributed by atoms with Crippen molar-refractivity contribution < 1.29 is 38.1 Å². The molecule has 0 spiro atoms. The number of ether oxygens (including phenoxy) is 4. The summed E-state index contributed by atoms with van der Waals surface area (Å²) in [4.78, 5) is 67.4. The van der Waals surface area contributed by atoms with Gasteiger partial charge in [0, 0.05) is 24.3 Å². The van der Waals surface area contributed by atoms with Crippen molar-refractivity contribution in [2.24, 2.45) is 17.8 Å². The quantitative estimate of drug-likeness (QED) is 0.305. The van der Waals surface area contributed by atoms with Crippen LogP contribution in [0.4, 0.5) is 0 Å². The molecule has 7 rings (SSSR count). The largest absolute Gasteiger partial charge is 0.497 e. The zero-order valence-electron chi connectivity index (χ0n) is 31.2. The van der Waals surface area contributed by atoms with Crippen LogP contribution in [0.2, 0.25) is 0 Å². The predicted octanol–water partition coefficient (Wildman–Crippen LogP) is 5.78. The first-order chi connectivity index (χ1) is 25.8. The van der Waals surface area contributed by atoms with Crippen LogP contribution >= 0.6 is 0 Å². The number of nitrogens with one attached hydrogen (secondary N) is 1. The fourth-order valence-electron chi connectivity index (χ4n) is 8.90. The van der Waals surface area contributed by atoms with Crippen LogP contribution in [-0.2, 0) is 35.1 Å².